The van der Waals surface area contributed by atoms with E-state index in [-0.39, 0.29) is 77.8 Å². The first-order chi connectivity index (χ1) is 55.7. The zero-order valence-corrected chi connectivity index (χ0v) is 66.0. The molecule has 0 radical (unpaired) electrons. The van der Waals surface area contributed by atoms with E-state index >= 15 is 0 Å². The number of unbranched alkanes of at least 4 members (excludes halogenated alkanes) is 16. The van der Waals surface area contributed by atoms with Crippen molar-refractivity contribution >= 4 is 121 Å². The predicted octanol–water partition coefficient (Wildman–Crippen LogP) is 13.1. The molecule has 2 fully saturated rings. The Balaban J connectivity index is 0.000000202. The fourth-order valence-electron chi connectivity index (χ4n) is 14.9. The van der Waals surface area contributed by atoms with Crippen molar-refractivity contribution in [3.63, 3.8) is 0 Å². The number of piperidine rings is 2. The van der Waals surface area contributed by atoms with Crippen LogP contribution in [0.2, 0.25) is 0 Å². The summed E-state index contributed by atoms with van der Waals surface area (Å²) in [5.74, 6) is -6.61. The van der Waals surface area contributed by atoms with Gasteiger partial charge in [0.1, 0.15) is 18.1 Å². The van der Waals surface area contributed by atoms with Gasteiger partial charge >= 0.3 is 5.97 Å². The summed E-state index contributed by atoms with van der Waals surface area (Å²) in [4.78, 5) is 159. The highest BCUT2D eigenvalue weighted by Gasteiger charge is 2.47. The predicted molar refractivity (Wildman–Crippen MR) is 442 cm³/mol. The number of aliphatic carboxylic acids is 1. The van der Waals surface area contributed by atoms with E-state index in [1.165, 1.54) is 107 Å². The molecule has 11 amide bonds. The van der Waals surface area contributed by atoms with E-state index in [4.69, 9.17) is 10.8 Å². The highest BCUT2D eigenvalue weighted by Crippen LogP contribution is 2.37. The average molecular weight is 1560 g/mol. The first kappa shape index (κ1) is 85.4. The lowest BCUT2D eigenvalue weighted by atomic mass is 9.94. The number of hydrogen-bond donors (Lipinski definition) is 10. The number of benzene rings is 6. The zero-order valence-electron chi connectivity index (χ0n) is 66.0. The Kier molecular flexibility index (Phi) is 31.3. The number of carboxylic acid groups (broad SMARTS) is 1. The molecule has 0 saturated carbocycles. The van der Waals surface area contributed by atoms with Crippen molar-refractivity contribution in [1.82, 2.24) is 46.4 Å². The summed E-state index contributed by atoms with van der Waals surface area (Å²) in [5.41, 5.74) is 15.7. The van der Waals surface area contributed by atoms with Gasteiger partial charge in [-0.05, 0) is 155 Å². The largest absolute Gasteiger partial charge is 0.480 e. The molecule has 0 bridgehead atoms. The number of carboxylic acids is 1. The minimum atomic E-state index is -1.11. The molecule has 4 aliphatic rings. The molecule has 0 spiro atoms. The quantitative estimate of drug-likeness (QED) is 0.0128. The van der Waals surface area contributed by atoms with Crippen LogP contribution >= 0.6 is 0 Å². The second-order valence-corrected chi connectivity index (χ2v) is 29.7. The van der Waals surface area contributed by atoms with Gasteiger partial charge in [0, 0.05) is 79.6 Å². The standard InChI is InChI=1S/C45H52N6O6.C28H38N4O.C16H15N3O6/c1-29(26-31-17-15-20-33-39(31)45(57)51(44(33)56)37-23-24-38(52)50-43(37)55)41(53)47-25-14-9-7-5-3-4-6-8-11-16-30-21-22-36-34(27-30)40(35(28-48-36)42(54)46-2)49-32-18-12-10-13-19-32;1-30-28(33)25-21-31-26-18-17-22(14-10-7-5-3-2-4-6-8-13-19-29)20-24(26)27(25)32-23-15-11-9-12-16-23;1-7(16(24)25)17-9-4-2-3-8-12(9)15(23)19(14(8)22)10-5-6-11(20)18-13(10)21/h10,12-13,15,17-22,27-29,37H,3-9,11,14,16,23-26H2,1-2H3,(H,46,54)(H,47,53)(H,48,49)(H,50,52,55);9,11-12,15-18,20-21H,2-8,10,13-14,19,29H2,1H3,(H,30,33)(H,31,32);2-4,7,10,17H,5-6H2,1H3,(H,24,25)(H,18,20,21)/t29-,37?;;7-,10?/m1.0/s1. The Bertz CT molecular complexity index is 4860. The first-order valence-corrected chi connectivity index (χ1v) is 40.3. The fourth-order valence-corrected chi connectivity index (χ4v) is 14.9. The lowest BCUT2D eigenvalue weighted by Gasteiger charge is -2.27. The smallest absolute Gasteiger partial charge is 0.325 e. The molecule has 0 aliphatic carbocycles. The average Bonchev–Trinajstić information content (AvgIpc) is 1.60. The van der Waals surface area contributed by atoms with Gasteiger partial charge < -0.3 is 42.7 Å². The molecular formula is C89H105N13O13. The summed E-state index contributed by atoms with van der Waals surface area (Å²) in [6.07, 6.45) is 27.3. The topological polar surface area (TPSA) is 380 Å². The summed E-state index contributed by atoms with van der Waals surface area (Å²) < 4.78 is 0. The Hall–Kier alpha value is -12.1. The molecule has 2 aromatic heterocycles. The second kappa shape index (κ2) is 42.2. The third kappa shape index (κ3) is 22.5. The number of aryl methyl sites for hydroxylation is 2. The van der Waals surface area contributed by atoms with Crippen LogP contribution in [0.4, 0.5) is 28.4 Å². The maximum Gasteiger partial charge on any atom is 0.325 e. The number of rotatable bonds is 37. The van der Waals surface area contributed by atoms with Crippen molar-refractivity contribution in [3.05, 3.63) is 196 Å². The minimum absolute atomic E-state index is 0.0327. The molecule has 6 heterocycles. The lowest BCUT2D eigenvalue weighted by Crippen LogP contribution is -2.54. The van der Waals surface area contributed by atoms with Crippen molar-refractivity contribution in [3.8, 4) is 0 Å². The summed E-state index contributed by atoms with van der Waals surface area (Å²) in [6.45, 7) is 4.61. The number of nitrogens with zero attached hydrogens (tertiary/aromatic N) is 4. The maximum atomic E-state index is 13.4. The van der Waals surface area contributed by atoms with E-state index in [9.17, 15) is 57.5 Å². The van der Waals surface area contributed by atoms with Crippen molar-refractivity contribution < 1.29 is 62.6 Å². The monoisotopic (exact) mass is 1560 g/mol. The molecule has 6 aromatic carbocycles. The zero-order chi connectivity index (χ0) is 81.9. The normalized spacial score (nSPS) is 15.5. The number of imide groups is 4. The second-order valence-electron chi connectivity index (χ2n) is 29.7. The van der Waals surface area contributed by atoms with E-state index in [0.717, 1.165) is 119 Å². The van der Waals surface area contributed by atoms with Gasteiger partial charge in [0.15, 0.2) is 0 Å². The minimum Gasteiger partial charge on any atom is -0.480 e. The Labute approximate surface area is 670 Å². The molecule has 11 N–H and O–H groups in total. The van der Waals surface area contributed by atoms with Gasteiger partial charge in [0.2, 0.25) is 29.5 Å². The van der Waals surface area contributed by atoms with Crippen LogP contribution in [0.25, 0.3) is 21.8 Å². The van der Waals surface area contributed by atoms with Crippen LogP contribution in [-0.2, 0) is 48.0 Å². The SMILES string of the molecule is CNC(=O)c1cnc2ccc(CCCCCCCCCCCN)cc2c1Nc1ccccc1.CNC(=O)c1cnc2ccc(CCCCCCCCCCCNC(=O)[C@H](C)Cc3cccc4c3C(=O)N(C3CCC(=O)NC3=O)C4=O)cc2c1Nc1ccccc1.C[C@H](Nc1cccc2c1C(=O)N(C1CCC(=O)NC1=O)C2=O)C(=O)O. The number of fused-ring (bicyclic) bond motifs is 4. The van der Waals surface area contributed by atoms with Crippen molar-refractivity contribution in [2.75, 3.05) is 43.1 Å². The number of pyridine rings is 2. The number of nitrogens with one attached hydrogen (secondary N) is 8. The molecule has 26 nitrogen and oxygen atoms in total. The van der Waals surface area contributed by atoms with E-state index in [1.807, 2.05) is 66.7 Å². The van der Waals surface area contributed by atoms with Crippen molar-refractivity contribution in [2.45, 2.75) is 192 Å². The van der Waals surface area contributed by atoms with Crippen LogP contribution in [0, 0.1) is 5.92 Å². The van der Waals surface area contributed by atoms with E-state index in [1.54, 1.807) is 51.6 Å². The molecule has 8 aromatic rings. The Morgan fingerprint density at radius 3 is 1.37 bits per heavy atom. The summed E-state index contributed by atoms with van der Waals surface area (Å²) >= 11 is 0. The van der Waals surface area contributed by atoms with Gasteiger partial charge in [-0.25, -0.2) is 0 Å². The molecule has 115 heavy (non-hydrogen) atoms. The van der Waals surface area contributed by atoms with Gasteiger partial charge in [-0.2, -0.15) is 0 Å². The Morgan fingerprint density at radius 1 is 0.504 bits per heavy atom. The summed E-state index contributed by atoms with van der Waals surface area (Å²) in [6, 6.07) is 38.9. The highest BCUT2D eigenvalue weighted by molar-refractivity contribution is 6.26. The number of nitrogens with two attached hydrogens (primary N) is 1. The summed E-state index contributed by atoms with van der Waals surface area (Å²) in [5, 5.41) is 33.3. The molecule has 12 rings (SSSR count). The van der Waals surface area contributed by atoms with E-state index < -0.39 is 77.3 Å². The molecule has 604 valence electrons. The number of carbonyl (C=O) groups is 12. The van der Waals surface area contributed by atoms with Gasteiger partial charge in [0.25, 0.3) is 35.4 Å². The van der Waals surface area contributed by atoms with Crippen LogP contribution < -0.4 is 48.3 Å². The van der Waals surface area contributed by atoms with Crippen LogP contribution in [0.3, 0.4) is 0 Å². The van der Waals surface area contributed by atoms with Gasteiger partial charge in [0.05, 0.1) is 55.8 Å². The first-order valence-electron chi connectivity index (χ1n) is 40.3. The third-order valence-corrected chi connectivity index (χ3v) is 21.2. The molecule has 4 aliphatic heterocycles. The molecule has 26 heteroatoms. The van der Waals surface area contributed by atoms with Crippen molar-refractivity contribution in [2.24, 2.45) is 11.7 Å². The number of aromatic nitrogens is 2. The van der Waals surface area contributed by atoms with Crippen LogP contribution in [0.15, 0.2) is 146 Å². The van der Waals surface area contributed by atoms with E-state index in [0.29, 0.717) is 23.2 Å². The van der Waals surface area contributed by atoms with E-state index in [2.05, 4.69) is 82.8 Å². The fraction of sp³-hybridized carbons (Fsp3) is 0.393. The van der Waals surface area contributed by atoms with Crippen LogP contribution in [-0.4, -0.2) is 141 Å². The Morgan fingerprint density at radius 2 is 0.930 bits per heavy atom. The molecular weight excluding hydrogens is 1460 g/mol. The van der Waals surface area contributed by atoms with Crippen molar-refractivity contribution in [1.29, 1.82) is 0 Å². The van der Waals surface area contributed by atoms with Gasteiger partial charge in [-0.15, -0.1) is 0 Å². The molecule has 4 atom stereocenters. The van der Waals surface area contributed by atoms with Crippen LogP contribution in [0.1, 0.15) is 234 Å². The third-order valence-electron chi connectivity index (χ3n) is 21.2. The molecule has 2 unspecified atom stereocenters. The highest BCUT2D eigenvalue weighted by atomic mass is 16.4. The lowest BCUT2D eigenvalue weighted by molar-refractivity contribution is -0.138. The number of carbonyl (C=O) groups excluding carboxylic acids is 11. The number of para-hydroxylation sites is 2. The van der Waals surface area contributed by atoms with Gasteiger partial charge in [-0.1, -0.05) is 164 Å². The molecule has 2 saturated heterocycles. The number of hydrogen-bond acceptors (Lipinski definition) is 18. The summed E-state index contributed by atoms with van der Waals surface area (Å²) in [7, 11) is 3.27. The van der Waals surface area contributed by atoms with Gasteiger partial charge in [-0.3, -0.25) is 87.9 Å². The van der Waals surface area contributed by atoms with Crippen LogP contribution in [0.5, 0.6) is 0 Å². The number of anilines is 5. The maximum absolute atomic E-state index is 13.4. The number of amides is 11.